The van der Waals surface area contributed by atoms with Gasteiger partial charge in [0.15, 0.2) is 0 Å². The molecule has 0 radical (unpaired) electrons. The summed E-state index contributed by atoms with van der Waals surface area (Å²) in [5, 5.41) is 9.44. The van der Waals surface area contributed by atoms with Crippen molar-refractivity contribution in [3.63, 3.8) is 0 Å². The van der Waals surface area contributed by atoms with Gasteiger partial charge < -0.3 is 5.11 Å². The Kier molecular flexibility index (Phi) is 9.66. The van der Waals surface area contributed by atoms with Crippen molar-refractivity contribution >= 4 is 112 Å². The molecule has 0 aromatic carbocycles. The van der Waals surface area contributed by atoms with Gasteiger partial charge in [0.05, 0.1) is 6.61 Å². The number of hydrogen-bond acceptors (Lipinski definition) is 1. The topological polar surface area (TPSA) is 20.2 Å². The summed E-state index contributed by atoms with van der Waals surface area (Å²) in [5.41, 5.74) is 0. The van der Waals surface area contributed by atoms with Gasteiger partial charge in [-0.3, -0.25) is 0 Å². The molecule has 0 aliphatic heterocycles. The third kappa shape index (κ3) is 4.92. The second-order valence-electron chi connectivity index (χ2n) is 3.67. The number of aliphatic hydroxyl groups excluding tert-OH is 1. The monoisotopic (exact) mass is 690 g/mol. The minimum atomic E-state index is -0.710. The summed E-state index contributed by atoms with van der Waals surface area (Å²) in [4.78, 5) is 0.176. The second kappa shape index (κ2) is 8.08. The summed E-state index contributed by atoms with van der Waals surface area (Å²) >= 11 is 25.2. The lowest BCUT2D eigenvalue weighted by Gasteiger charge is -2.44. The highest BCUT2D eigenvalue weighted by Crippen LogP contribution is 2.62. The maximum Gasteiger partial charge on any atom is 0.134 e. The van der Waals surface area contributed by atoms with Gasteiger partial charge in [0.1, 0.15) is 9.70 Å². The first-order valence-corrected chi connectivity index (χ1v) is 10.6. The van der Waals surface area contributed by atoms with E-state index in [2.05, 4.69) is 118 Å². The molecule has 1 unspecified atom stereocenters. The first-order chi connectivity index (χ1) is 7.54. The maximum absolute atomic E-state index is 9.44. The highest BCUT2D eigenvalue weighted by molar-refractivity contribution is 9.33. The number of aliphatic hydroxyl groups is 1. The van der Waals surface area contributed by atoms with Crippen LogP contribution in [-0.4, -0.2) is 26.2 Å². The molecular formula is C9H13Br7O. The first kappa shape index (κ1) is 20.3. The molecule has 0 rings (SSSR count). The lowest BCUT2D eigenvalue weighted by atomic mass is 10.1. The van der Waals surface area contributed by atoms with Crippen LogP contribution in [0.1, 0.15) is 26.2 Å². The zero-order valence-electron chi connectivity index (χ0n) is 9.00. The van der Waals surface area contributed by atoms with Gasteiger partial charge in [-0.2, -0.15) is 0 Å². The smallest absolute Gasteiger partial charge is 0.134 e. The standard InChI is InChI=1S/C9H13Br7O/c1-2-3-4-6(10)8(13,14)9(15,16)7(11,12)5-17/h6,17H,2-5H2,1H3. The first-order valence-electron chi connectivity index (χ1n) is 4.93. The number of unbranched alkanes of at least 4 members (excludes halogenated alkanes) is 1. The lowest BCUT2D eigenvalue weighted by molar-refractivity contribution is 0.282. The molecule has 0 fully saturated rings. The van der Waals surface area contributed by atoms with E-state index >= 15 is 0 Å². The van der Waals surface area contributed by atoms with Crippen molar-refractivity contribution < 1.29 is 5.11 Å². The number of hydrogen-bond donors (Lipinski definition) is 1. The number of rotatable bonds is 7. The van der Waals surface area contributed by atoms with Gasteiger partial charge in [0.2, 0.25) is 0 Å². The van der Waals surface area contributed by atoms with Gasteiger partial charge in [0, 0.05) is 4.83 Å². The fraction of sp³-hybridized carbons (Fsp3) is 1.00. The lowest BCUT2D eigenvalue weighted by Crippen LogP contribution is -2.53. The minimum Gasteiger partial charge on any atom is -0.394 e. The summed E-state index contributed by atoms with van der Waals surface area (Å²) in [6.07, 6.45) is 3.28. The summed E-state index contributed by atoms with van der Waals surface area (Å²) in [6.45, 7) is 2.07. The maximum atomic E-state index is 9.44. The molecule has 1 N–H and O–H groups in total. The fourth-order valence-electron chi connectivity index (χ4n) is 1.10. The predicted octanol–water partition coefficient (Wildman–Crippen LogP) is 6.39. The van der Waals surface area contributed by atoms with Crippen LogP contribution in [0.15, 0.2) is 0 Å². The Morgan fingerprint density at radius 2 is 1.53 bits per heavy atom. The van der Waals surface area contributed by atoms with E-state index in [-0.39, 0.29) is 11.4 Å². The van der Waals surface area contributed by atoms with Crippen LogP contribution < -0.4 is 0 Å². The molecule has 0 aliphatic rings. The summed E-state index contributed by atoms with van der Waals surface area (Å²) in [5.74, 6) is 0. The summed E-state index contributed by atoms with van der Waals surface area (Å²) in [6, 6.07) is 0. The number of halogens is 7. The Morgan fingerprint density at radius 1 is 1.06 bits per heavy atom. The quantitative estimate of drug-likeness (QED) is 0.306. The zero-order chi connectivity index (χ0) is 13.9. The molecule has 0 saturated heterocycles. The summed E-state index contributed by atoms with van der Waals surface area (Å²) < 4.78 is -1.84. The van der Waals surface area contributed by atoms with Crippen molar-refractivity contribution in [2.24, 2.45) is 0 Å². The van der Waals surface area contributed by atoms with Crippen molar-refractivity contribution in [1.29, 1.82) is 0 Å². The molecule has 0 aliphatic carbocycles. The van der Waals surface area contributed by atoms with E-state index in [0.717, 1.165) is 19.3 Å². The molecule has 1 nitrogen and oxygen atoms in total. The van der Waals surface area contributed by atoms with Crippen LogP contribution in [0.25, 0.3) is 0 Å². The third-order valence-electron chi connectivity index (χ3n) is 2.28. The second-order valence-corrected chi connectivity index (χ2v) is 15.6. The zero-order valence-corrected chi connectivity index (χ0v) is 20.1. The largest absolute Gasteiger partial charge is 0.394 e. The van der Waals surface area contributed by atoms with Crippen molar-refractivity contribution in [2.75, 3.05) is 6.61 Å². The van der Waals surface area contributed by atoms with Gasteiger partial charge in [-0.1, -0.05) is 131 Å². The van der Waals surface area contributed by atoms with E-state index in [1.165, 1.54) is 0 Å². The highest BCUT2D eigenvalue weighted by Gasteiger charge is 2.59. The molecular weight excluding hydrogens is 683 g/mol. The van der Waals surface area contributed by atoms with E-state index in [9.17, 15) is 5.11 Å². The highest BCUT2D eigenvalue weighted by atomic mass is 79.9. The Hall–Kier alpha value is 3.32. The molecule has 0 aromatic heterocycles. The van der Waals surface area contributed by atoms with Crippen molar-refractivity contribution in [2.45, 2.75) is 40.7 Å². The van der Waals surface area contributed by atoms with Crippen LogP contribution in [0.4, 0.5) is 0 Å². The fourth-order valence-corrected chi connectivity index (χ4v) is 6.01. The van der Waals surface area contributed by atoms with Crippen molar-refractivity contribution in [1.82, 2.24) is 0 Å². The van der Waals surface area contributed by atoms with E-state index in [4.69, 9.17) is 0 Å². The average molecular weight is 697 g/mol. The van der Waals surface area contributed by atoms with Gasteiger partial charge >= 0.3 is 0 Å². The van der Waals surface area contributed by atoms with Crippen molar-refractivity contribution in [3.8, 4) is 0 Å². The molecule has 8 heteroatoms. The molecule has 0 heterocycles. The molecule has 0 saturated carbocycles. The van der Waals surface area contributed by atoms with Crippen LogP contribution in [-0.2, 0) is 0 Å². The SMILES string of the molecule is CCCCC(Br)C(Br)(Br)C(Br)(Br)C(Br)(Br)CO. The summed E-state index contributed by atoms with van der Waals surface area (Å²) in [7, 11) is 0. The molecule has 0 aromatic rings. The van der Waals surface area contributed by atoms with Gasteiger partial charge in [-0.15, -0.1) is 0 Å². The van der Waals surface area contributed by atoms with E-state index in [1.54, 1.807) is 0 Å². The van der Waals surface area contributed by atoms with E-state index in [0.29, 0.717) is 0 Å². The van der Waals surface area contributed by atoms with E-state index in [1.807, 2.05) is 0 Å². The van der Waals surface area contributed by atoms with Gasteiger partial charge in [-0.05, 0) is 6.42 Å². The third-order valence-corrected chi connectivity index (χ3v) is 15.5. The molecule has 0 amide bonds. The van der Waals surface area contributed by atoms with Crippen LogP contribution in [0.2, 0.25) is 0 Å². The molecule has 104 valence electrons. The minimum absolute atomic E-state index is 0.0874. The van der Waals surface area contributed by atoms with Gasteiger partial charge in [0.25, 0.3) is 0 Å². The predicted molar refractivity (Wildman–Crippen MR) is 101 cm³/mol. The van der Waals surface area contributed by atoms with Crippen LogP contribution in [0.5, 0.6) is 0 Å². The molecule has 17 heavy (non-hydrogen) atoms. The number of alkyl halides is 7. The molecule has 0 spiro atoms. The Bertz CT molecular complexity index is 241. The van der Waals surface area contributed by atoms with Crippen molar-refractivity contribution in [3.05, 3.63) is 0 Å². The Labute approximate surface area is 162 Å². The Morgan fingerprint density at radius 3 is 1.88 bits per heavy atom. The van der Waals surface area contributed by atoms with Crippen LogP contribution in [0, 0.1) is 0 Å². The average Bonchev–Trinajstić information content (AvgIpc) is 2.24. The van der Waals surface area contributed by atoms with Crippen LogP contribution in [0.3, 0.4) is 0 Å². The van der Waals surface area contributed by atoms with E-state index < -0.39 is 9.70 Å². The molecule has 0 bridgehead atoms. The molecule has 1 atom stereocenters. The Balaban J connectivity index is 5.01. The normalized spacial score (nSPS) is 16.1. The van der Waals surface area contributed by atoms with Crippen LogP contribution >= 0.6 is 112 Å². The van der Waals surface area contributed by atoms with Gasteiger partial charge in [-0.25, -0.2) is 0 Å².